The van der Waals surface area contributed by atoms with E-state index < -0.39 is 0 Å². The molecule has 1 unspecified atom stereocenters. The van der Waals surface area contributed by atoms with Crippen LogP contribution in [0.3, 0.4) is 0 Å². The molecule has 30 heavy (non-hydrogen) atoms. The lowest BCUT2D eigenvalue weighted by molar-refractivity contribution is -0.130. The van der Waals surface area contributed by atoms with Gasteiger partial charge in [-0.25, -0.2) is 0 Å². The fourth-order valence-corrected chi connectivity index (χ4v) is 4.17. The summed E-state index contributed by atoms with van der Waals surface area (Å²) in [4.78, 5) is 14.8. The second-order valence-corrected chi connectivity index (χ2v) is 8.11. The van der Waals surface area contributed by atoms with Crippen molar-refractivity contribution < 1.29 is 9.53 Å². The van der Waals surface area contributed by atoms with Gasteiger partial charge in [0, 0.05) is 37.5 Å². The number of likely N-dealkylation sites (tertiary alicyclic amines) is 1. The van der Waals surface area contributed by atoms with Crippen molar-refractivity contribution >= 4 is 18.1 Å². The molecule has 0 radical (unpaired) electrons. The van der Waals surface area contributed by atoms with Gasteiger partial charge in [0.05, 0.1) is 7.11 Å². The minimum atomic E-state index is 0.156. The van der Waals surface area contributed by atoms with Gasteiger partial charge in [-0.3, -0.25) is 14.5 Å². The van der Waals surface area contributed by atoms with Crippen LogP contribution in [-0.2, 0) is 11.3 Å². The van der Waals surface area contributed by atoms with Gasteiger partial charge in [-0.05, 0) is 43.3 Å². The molecule has 1 atom stereocenters. The third kappa shape index (κ3) is 4.31. The van der Waals surface area contributed by atoms with Crippen LogP contribution in [0, 0.1) is 11.7 Å². The van der Waals surface area contributed by atoms with Crippen LogP contribution in [0.25, 0.3) is 11.4 Å². The van der Waals surface area contributed by atoms with Gasteiger partial charge >= 0.3 is 0 Å². The topological polar surface area (TPSA) is 63.1 Å². The molecule has 3 aromatic rings. The fourth-order valence-electron chi connectivity index (χ4n) is 3.95. The molecule has 0 spiro atoms. The summed E-state index contributed by atoms with van der Waals surface area (Å²) in [5, 5.41) is 7.23. The van der Waals surface area contributed by atoms with Gasteiger partial charge in [0.2, 0.25) is 5.91 Å². The summed E-state index contributed by atoms with van der Waals surface area (Å²) >= 11 is 5.40. The number of nitrogens with zero attached hydrogens (tertiary/aromatic N) is 3. The summed E-state index contributed by atoms with van der Waals surface area (Å²) in [6.07, 6.45) is 1.39. The predicted octanol–water partition coefficient (Wildman–Crippen LogP) is 4.33. The first-order valence-corrected chi connectivity index (χ1v) is 10.6. The molecule has 1 aliphatic heterocycles. The quantitative estimate of drug-likeness (QED) is 0.601. The number of aromatic nitrogens is 3. The average Bonchev–Trinajstić information content (AvgIpc) is 3.40. The molecule has 2 aromatic carbocycles. The number of methoxy groups -OCH3 is 1. The predicted molar refractivity (Wildman–Crippen MR) is 119 cm³/mol. The van der Waals surface area contributed by atoms with Gasteiger partial charge in [0.1, 0.15) is 5.75 Å². The van der Waals surface area contributed by atoms with Gasteiger partial charge in [-0.2, -0.15) is 5.10 Å². The molecule has 2 heterocycles. The van der Waals surface area contributed by atoms with E-state index in [1.165, 1.54) is 11.1 Å². The molecule has 1 fully saturated rings. The summed E-state index contributed by atoms with van der Waals surface area (Å²) in [6, 6.07) is 16.3. The number of H-pyrrole nitrogens is 1. The number of carbonyl (C=O) groups excluding carboxylic acids is 1. The summed E-state index contributed by atoms with van der Waals surface area (Å²) < 4.78 is 7.68. The molecule has 156 valence electrons. The zero-order valence-corrected chi connectivity index (χ0v) is 18.1. The minimum Gasteiger partial charge on any atom is -0.497 e. The van der Waals surface area contributed by atoms with Gasteiger partial charge < -0.3 is 9.64 Å². The number of aromatic amines is 1. The van der Waals surface area contributed by atoms with Crippen LogP contribution in [0.5, 0.6) is 5.75 Å². The smallest absolute Gasteiger partial charge is 0.224 e. The van der Waals surface area contributed by atoms with E-state index in [2.05, 4.69) is 29.3 Å². The van der Waals surface area contributed by atoms with E-state index in [-0.39, 0.29) is 5.91 Å². The van der Waals surface area contributed by atoms with E-state index in [0.29, 0.717) is 23.7 Å². The van der Waals surface area contributed by atoms with Crippen molar-refractivity contribution in [3.8, 4) is 17.1 Å². The molecule has 1 N–H and O–H groups in total. The first-order valence-electron chi connectivity index (χ1n) is 10.2. The molecule has 0 saturated carbocycles. The molecular formula is C23H26N4O2S. The Balaban J connectivity index is 1.39. The largest absolute Gasteiger partial charge is 0.497 e. The van der Waals surface area contributed by atoms with Crippen molar-refractivity contribution in [1.29, 1.82) is 0 Å². The number of ether oxygens (including phenoxy) is 1. The number of rotatable bonds is 6. The van der Waals surface area contributed by atoms with Gasteiger partial charge in [-0.1, -0.05) is 42.0 Å². The van der Waals surface area contributed by atoms with Crippen molar-refractivity contribution in [3.63, 3.8) is 0 Å². The van der Waals surface area contributed by atoms with Crippen LogP contribution < -0.4 is 4.74 Å². The monoisotopic (exact) mass is 422 g/mol. The molecule has 1 amide bonds. The van der Waals surface area contributed by atoms with Gasteiger partial charge in [0.25, 0.3) is 0 Å². The van der Waals surface area contributed by atoms with Crippen LogP contribution in [0.4, 0.5) is 0 Å². The number of amides is 1. The maximum absolute atomic E-state index is 12.8. The van der Waals surface area contributed by atoms with E-state index in [1.807, 2.05) is 45.9 Å². The van der Waals surface area contributed by atoms with E-state index in [1.54, 1.807) is 7.11 Å². The zero-order valence-electron chi connectivity index (χ0n) is 17.3. The molecule has 0 aliphatic carbocycles. The Hall–Kier alpha value is -2.93. The standard InChI is InChI=1S/C23H26N4O2S/c1-16-3-5-18(6-4-16)22-24-25-23(30)27(22)14-12-21(28)26-13-11-19(15-26)17-7-9-20(29-2)10-8-17/h3-10,19H,11-15H2,1-2H3,(H,25,30). The molecule has 7 heteroatoms. The van der Waals surface area contributed by atoms with Crippen LogP contribution in [-0.4, -0.2) is 45.8 Å². The molecule has 1 aliphatic rings. The number of hydrogen-bond donors (Lipinski definition) is 1. The average molecular weight is 423 g/mol. The second kappa shape index (κ2) is 8.83. The first kappa shape index (κ1) is 20.3. The molecule has 6 nitrogen and oxygen atoms in total. The Morgan fingerprint density at radius 3 is 2.63 bits per heavy atom. The van der Waals surface area contributed by atoms with Gasteiger partial charge in [-0.15, -0.1) is 0 Å². The number of hydrogen-bond acceptors (Lipinski definition) is 4. The van der Waals surface area contributed by atoms with E-state index in [4.69, 9.17) is 17.0 Å². The van der Waals surface area contributed by atoms with Crippen molar-refractivity contribution in [1.82, 2.24) is 19.7 Å². The van der Waals surface area contributed by atoms with Crippen LogP contribution in [0.2, 0.25) is 0 Å². The number of nitrogens with one attached hydrogen (secondary N) is 1. The Kier molecular flexibility index (Phi) is 5.99. The van der Waals surface area contributed by atoms with Crippen molar-refractivity contribution in [3.05, 3.63) is 64.4 Å². The number of carbonyl (C=O) groups is 1. The van der Waals surface area contributed by atoms with Crippen molar-refractivity contribution in [2.75, 3.05) is 20.2 Å². The lowest BCUT2D eigenvalue weighted by atomic mass is 9.98. The summed E-state index contributed by atoms with van der Waals surface area (Å²) in [7, 11) is 1.67. The van der Waals surface area contributed by atoms with Crippen LogP contribution >= 0.6 is 12.2 Å². The van der Waals surface area contributed by atoms with E-state index in [9.17, 15) is 4.79 Å². The fraction of sp³-hybridized carbons (Fsp3) is 0.348. The molecule has 1 saturated heterocycles. The van der Waals surface area contributed by atoms with Gasteiger partial charge in [0.15, 0.2) is 10.6 Å². The van der Waals surface area contributed by atoms with Crippen molar-refractivity contribution in [2.45, 2.75) is 32.2 Å². The highest BCUT2D eigenvalue weighted by Crippen LogP contribution is 2.29. The lowest BCUT2D eigenvalue weighted by Gasteiger charge is -2.17. The highest BCUT2D eigenvalue weighted by atomic mass is 32.1. The molecule has 0 bridgehead atoms. The van der Waals surface area contributed by atoms with Crippen molar-refractivity contribution in [2.24, 2.45) is 0 Å². The second-order valence-electron chi connectivity index (χ2n) is 7.72. The zero-order chi connectivity index (χ0) is 21.1. The number of aryl methyl sites for hydroxylation is 1. The third-order valence-electron chi connectivity index (χ3n) is 5.75. The lowest BCUT2D eigenvalue weighted by Crippen LogP contribution is -2.29. The highest BCUT2D eigenvalue weighted by molar-refractivity contribution is 7.71. The summed E-state index contributed by atoms with van der Waals surface area (Å²) in [5.74, 6) is 2.15. The van der Waals surface area contributed by atoms with E-state index >= 15 is 0 Å². The van der Waals surface area contributed by atoms with Crippen LogP contribution in [0.15, 0.2) is 48.5 Å². The molecule has 4 rings (SSSR count). The summed E-state index contributed by atoms with van der Waals surface area (Å²) in [6.45, 7) is 4.11. The number of benzene rings is 2. The maximum Gasteiger partial charge on any atom is 0.224 e. The SMILES string of the molecule is COc1ccc(C2CCN(C(=O)CCn3c(-c4ccc(C)cc4)n[nH]c3=S)C2)cc1. The Morgan fingerprint density at radius 2 is 1.93 bits per heavy atom. The Bertz CT molecular complexity index is 1070. The van der Waals surface area contributed by atoms with E-state index in [0.717, 1.165) is 36.6 Å². The Morgan fingerprint density at radius 1 is 1.20 bits per heavy atom. The molecule has 1 aromatic heterocycles. The molecular weight excluding hydrogens is 396 g/mol. The Labute approximate surface area is 181 Å². The maximum atomic E-state index is 12.8. The first-order chi connectivity index (χ1) is 14.5. The highest BCUT2D eigenvalue weighted by Gasteiger charge is 2.27. The minimum absolute atomic E-state index is 0.156. The third-order valence-corrected chi connectivity index (χ3v) is 6.06. The normalized spacial score (nSPS) is 16.1. The van der Waals surface area contributed by atoms with Crippen LogP contribution in [0.1, 0.15) is 29.9 Å². The summed E-state index contributed by atoms with van der Waals surface area (Å²) in [5.41, 5.74) is 3.43.